The van der Waals surface area contributed by atoms with Gasteiger partial charge in [-0.2, -0.15) is 0 Å². The van der Waals surface area contributed by atoms with Crippen molar-refractivity contribution in [1.29, 1.82) is 0 Å². The Hall–Kier alpha value is -1.62. The van der Waals surface area contributed by atoms with Crippen LogP contribution in [0, 0.1) is 0 Å². The Kier molecular flexibility index (Phi) is 4.74. The standard InChI is InChI=1S/C14H22N4O/c1-2-11-4-3-7-16-13(11)10-17-12-5-8-18(9-6-12)14(15)19/h3-4,7,12,17H,2,5-6,8-10H2,1H3,(H2,15,19). The predicted molar refractivity (Wildman–Crippen MR) is 74.6 cm³/mol. The van der Waals surface area contributed by atoms with E-state index in [4.69, 9.17) is 5.73 Å². The zero-order valence-electron chi connectivity index (χ0n) is 11.4. The molecule has 0 aliphatic carbocycles. The quantitative estimate of drug-likeness (QED) is 0.858. The van der Waals surface area contributed by atoms with Crippen molar-refractivity contribution in [3.05, 3.63) is 29.6 Å². The second-order valence-corrected chi connectivity index (χ2v) is 4.94. The van der Waals surface area contributed by atoms with Gasteiger partial charge in [-0.15, -0.1) is 0 Å². The lowest BCUT2D eigenvalue weighted by Crippen LogP contribution is -2.46. The number of piperidine rings is 1. The molecule has 0 atom stereocenters. The van der Waals surface area contributed by atoms with Crippen LogP contribution in [-0.4, -0.2) is 35.0 Å². The van der Waals surface area contributed by atoms with Crippen LogP contribution in [0.3, 0.4) is 0 Å². The maximum absolute atomic E-state index is 11.0. The zero-order chi connectivity index (χ0) is 13.7. The summed E-state index contributed by atoms with van der Waals surface area (Å²) in [6.07, 6.45) is 4.76. The number of hydrogen-bond acceptors (Lipinski definition) is 3. The third kappa shape index (κ3) is 3.67. The van der Waals surface area contributed by atoms with Gasteiger partial charge in [-0.1, -0.05) is 13.0 Å². The van der Waals surface area contributed by atoms with E-state index >= 15 is 0 Å². The number of carbonyl (C=O) groups is 1. The topological polar surface area (TPSA) is 71.2 Å². The van der Waals surface area contributed by atoms with Gasteiger partial charge in [-0.05, 0) is 30.9 Å². The van der Waals surface area contributed by atoms with Crippen molar-refractivity contribution < 1.29 is 4.79 Å². The number of rotatable bonds is 4. The molecule has 0 unspecified atom stereocenters. The van der Waals surface area contributed by atoms with Gasteiger partial charge in [0.1, 0.15) is 0 Å². The lowest BCUT2D eigenvalue weighted by molar-refractivity contribution is 0.185. The van der Waals surface area contributed by atoms with Crippen LogP contribution in [0.4, 0.5) is 4.79 Å². The molecule has 5 nitrogen and oxygen atoms in total. The molecule has 0 bridgehead atoms. The van der Waals surface area contributed by atoms with E-state index in [1.54, 1.807) is 4.90 Å². The van der Waals surface area contributed by atoms with E-state index in [1.165, 1.54) is 5.56 Å². The van der Waals surface area contributed by atoms with E-state index in [0.29, 0.717) is 6.04 Å². The Morgan fingerprint density at radius 2 is 2.26 bits per heavy atom. The number of carbonyl (C=O) groups excluding carboxylic acids is 1. The Balaban J connectivity index is 1.82. The Morgan fingerprint density at radius 3 is 2.89 bits per heavy atom. The summed E-state index contributed by atoms with van der Waals surface area (Å²) in [5, 5.41) is 3.53. The van der Waals surface area contributed by atoms with Crippen LogP contribution in [0.2, 0.25) is 0 Å². The van der Waals surface area contributed by atoms with E-state index in [-0.39, 0.29) is 6.03 Å². The van der Waals surface area contributed by atoms with Gasteiger partial charge in [-0.3, -0.25) is 4.98 Å². The first kappa shape index (κ1) is 13.8. The third-order valence-electron chi connectivity index (χ3n) is 3.73. The fourth-order valence-electron chi connectivity index (χ4n) is 2.50. The van der Waals surface area contributed by atoms with Crippen LogP contribution in [0.1, 0.15) is 31.0 Å². The van der Waals surface area contributed by atoms with Crippen LogP contribution < -0.4 is 11.1 Å². The smallest absolute Gasteiger partial charge is 0.314 e. The zero-order valence-corrected chi connectivity index (χ0v) is 11.4. The molecule has 1 saturated heterocycles. The summed E-state index contributed by atoms with van der Waals surface area (Å²) in [4.78, 5) is 17.2. The molecule has 0 saturated carbocycles. The summed E-state index contributed by atoms with van der Waals surface area (Å²) >= 11 is 0. The molecule has 2 amide bonds. The molecule has 5 heteroatoms. The van der Waals surface area contributed by atoms with Crippen LogP contribution in [0.15, 0.2) is 18.3 Å². The van der Waals surface area contributed by atoms with Crippen molar-refractivity contribution >= 4 is 6.03 Å². The van der Waals surface area contributed by atoms with Crippen molar-refractivity contribution in [2.75, 3.05) is 13.1 Å². The SMILES string of the molecule is CCc1cccnc1CNC1CCN(C(N)=O)CC1. The first-order valence-electron chi connectivity index (χ1n) is 6.91. The summed E-state index contributed by atoms with van der Waals surface area (Å²) in [6, 6.07) is 4.24. The number of nitrogens with one attached hydrogen (secondary N) is 1. The highest BCUT2D eigenvalue weighted by molar-refractivity contribution is 5.72. The molecule has 1 aliphatic rings. The van der Waals surface area contributed by atoms with Gasteiger partial charge in [0.25, 0.3) is 0 Å². The Morgan fingerprint density at radius 1 is 1.53 bits per heavy atom. The minimum Gasteiger partial charge on any atom is -0.351 e. The van der Waals surface area contributed by atoms with Gasteiger partial charge >= 0.3 is 6.03 Å². The number of pyridine rings is 1. The number of amides is 2. The summed E-state index contributed by atoms with van der Waals surface area (Å²) < 4.78 is 0. The number of hydrogen-bond donors (Lipinski definition) is 2. The van der Waals surface area contributed by atoms with Gasteiger partial charge in [0.15, 0.2) is 0 Å². The molecule has 1 aliphatic heterocycles. The van der Waals surface area contributed by atoms with Gasteiger partial charge in [-0.25, -0.2) is 4.79 Å². The fourth-order valence-corrected chi connectivity index (χ4v) is 2.50. The average molecular weight is 262 g/mol. The molecule has 0 aromatic carbocycles. The van der Waals surface area contributed by atoms with Crippen molar-refractivity contribution in [2.24, 2.45) is 5.73 Å². The maximum atomic E-state index is 11.0. The third-order valence-corrected chi connectivity index (χ3v) is 3.73. The Labute approximate surface area is 114 Å². The van der Waals surface area contributed by atoms with E-state index in [1.807, 2.05) is 12.3 Å². The van der Waals surface area contributed by atoms with Crippen LogP contribution in [-0.2, 0) is 13.0 Å². The lowest BCUT2D eigenvalue weighted by Gasteiger charge is -2.31. The van der Waals surface area contributed by atoms with E-state index < -0.39 is 0 Å². The molecule has 19 heavy (non-hydrogen) atoms. The number of likely N-dealkylation sites (tertiary alicyclic amines) is 1. The number of aryl methyl sites for hydroxylation is 1. The summed E-state index contributed by atoms with van der Waals surface area (Å²) in [5.41, 5.74) is 7.70. The highest BCUT2D eigenvalue weighted by Crippen LogP contribution is 2.12. The summed E-state index contributed by atoms with van der Waals surface area (Å²) in [6.45, 7) is 4.43. The lowest BCUT2D eigenvalue weighted by atomic mass is 10.0. The Bertz CT molecular complexity index is 427. The molecule has 1 fully saturated rings. The first-order valence-corrected chi connectivity index (χ1v) is 6.91. The van der Waals surface area contributed by atoms with Crippen molar-refractivity contribution in [3.63, 3.8) is 0 Å². The van der Waals surface area contributed by atoms with E-state index in [2.05, 4.69) is 23.3 Å². The predicted octanol–water partition coefficient (Wildman–Crippen LogP) is 1.28. The molecular formula is C14H22N4O. The highest BCUT2D eigenvalue weighted by Gasteiger charge is 2.20. The highest BCUT2D eigenvalue weighted by atomic mass is 16.2. The van der Waals surface area contributed by atoms with E-state index in [9.17, 15) is 4.79 Å². The normalized spacial score (nSPS) is 16.6. The van der Waals surface area contributed by atoms with Crippen LogP contribution >= 0.6 is 0 Å². The molecule has 2 heterocycles. The number of aromatic nitrogens is 1. The molecule has 0 radical (unpaired) electrons. The van der Waals surface area contributed by atoms with Gasteiger partial charge in [0.2, 0.25) is 0 Å². The van der Waals surface area contributed by atoms with Gasteiger partial charge in [0, 0.05) is 31.9 Å². The largest absolute Gasteiger partial charge is 0.351 e. The fraction of sp³-hybridized carbons (Fsp3) is 0.571. The molecule has 2 rings (SSSR count). The van der Waals surface area contributed by atoms with Crippen molar-refractivity contribution in [2.45, 2.75) is 38.8 Å². The second kappa shape index (κ2) is 6.52. The number of primary amides is 1. The molecule has 1 aromatic heterocycles. The van der Waals surface area contributed by atoms with Crippen LogP contribution in [0.5, 0.6) is 0 Å². The second-order valence-electron chi connectivity index (χ2n) is 4.94. The number of urea groups is 1. The van der Waals surface area contributed by atoms with Gasteiger partial charge < -0.3 is 16.0 Å². The van der Waals surface area contributed by atoms with Crippen molar-refractivity contribution in [1.82, 2.24) is 15.2 Å². The average Bonchev–Trinajstić information content (AvgIpc) is 2.45. The van der Waals surface area contributed by atoms with Crippen molar-refractivity contribution in [3.8, 4) is 0 Å². The molecule has 3 N–H and O–H groups in total. The maximum Gasteiger partial charge on any atom is 0.314 e. The number of nitrogens with zero attached hydrogens (tertiary/aromatic N) is 2. The summed E-state index contributed by atoms with van der Waals surface area (Å²) in [7, 11) is 0. The molecule has 104 valence electrons. The molecule has 1 aromatic rings. The minimum absolute atomic E-state index is 0.309. The number of nitrogens with two attached hydrogens (primary N) is 1. The van der Waals surface area contributed by atoms with E-state index in [0.717, 1.165) is 44.6 Å². The first-order chi connectivity index (χ1) is 9.20. The van der Waals surface area contributed by atoms with Crippen LogP contribution in [0.25, 0.3) is 0 Å². The van der Waals surface area contributed by atoms with Gasteiger partial charge in [0.05, 0.1) is 5.69 Å². The molecule has 0 spiro atoms. The molecular weight excluding hydrogens is 240 g/mol. The minimum atomic E-state index is -0.309. The summed E-state index contributed by atoms with van der Waals surface area (Å²) in [5.74, 6) is 0. The monoisotopic (exact) mass is 262 g/mol.